The Morgan fingerprint density at radius 3 is 2.50 bits per heavy atom. The van der Waals surface area contributed by atoms with Gasteiger partial charge in [-0.05, 0) is 0 Å². The van der Waals surface area contributed by atoms with Crippen LogP contribution < -0.4 is 11.7 Å². The van der Waals surface area contributed by atoms with Gasteiger partial charge in [-0.25, -0.2) is 0 Å². The summed E-state index contributed by atoms with van der Waals surface area (Å²) >= 11 is 0. The van der Waals surface area contributed by atoms with Crippen LogP contribution in [-0.2, 0) is 0 Å². The van der Waals surface area contributed by atoms with E-state index in [4.69, 9.17) is 21.9 Å². The van der Waals surface area contributed by atoms with Crippen molar-refractivity contribution in [2.45, 2.75) is 6.10 Å². The summed E-state index contributed by atoms with van der Waals surface area (Å²) in [5, 5.41) is 23.4. The molecule has 0 aliphatic carbocycles. The first-order valence-electron chi connectivity index (χ1n) is 2.56. The summed E-state index contributed by atoms with van der Waals surface area (Å²) < 4.78 is 0. The van der Waals surface area contributed by atoms with Crippen LogP contribution in [-0.4, -0.2) is 34.9 Å². The molecule has 6 N–H and O–H groups in total. The molecular weight excluding hydrogens is 136 g/mol. The maximum absolute atomic E-state index is 8.84. The second-order valence-corrected chi connectivity index (χ2v) is 1.53. The summed E-state index contributed by atoms with van der Waals surface area (Å²) in [7, 11) is 0. The molecule has 0 aliphatic rings. The number of rotatable bonds is 3. The van der Waals surface area contributed by atoms with E-state index in [1.807, 2.05) is 0 Å². The standard InChI is InChI=1S/C4H10N4O2/c5-7-1-3(8-6)4(10)2-9/h1,4,9-10H,2,5-6H2/b7-1+,8-3-. The van der Waals surface area contributed by atoms with Crippen molar-refractivity contribution in [3.63, 3.8) is 0 Å². The van der Waals surface area contributed by atoms with Gasteiger partial charge < -0.3 is 21.9 Å². The number of nitrogens with zero attached hydrogens (tertiary/aromatic N) is 2. The van der Waals surface area contributed by atoms with Crippen LogP contribution in [0, 0.1) is 0 Å². The Morgan fingerprint density at radius 2 is 2.20 bits per heavy atom. The molecule has 0 rings (SSSR count). The molecule has 6 heteroatoms. The van der Waals surface area contributed by atoms with Crippen molar-refractivity contribution < 1.29 is 10.2 Å². The summed E-state index contributed by atoms with van der Waals surface area (Å²) in [6.07, 6.45) is -0.0433. The molecule has 58 valence electrons. The fourth-order valence-electron chi connectivity index (χ4n) is 0.375. The Balaban J connectivity index is 4.08. The van der Waals surface area contributed by atoms with Crippen LogP contribution in [0.1, 0.15) is 0 Å². The average molecular weight is 146 g/mol. The van der Waals surface area contributed by atoms with Gasteiger partial charge in [0.05, 0.1) is 12.8 Å². The smallest absolute Gasteiger partial charge is 0.122 e. The fraction of sp³-hybridized carbons (Fsp3) is 0.500. The van der Waals surface area contributed by atoms with Gasteiger partial charge in [0.1, 0.15) is 11.8 Å². The number of aliphatic hydroxyl groups is 2. The van der Waals surface area contributed by atoms with Gasteiger partial charge in [0.25, 0.3) is 0 Å². The normalized spacial score (nSPS) is 16.0. The van der Waals surface area contributed by atoms with E-state index in [1.165, 1.54) is 0 Å². The average Bonchev–Trinajstić information content (AvgIpc) is 1.99. The largest absolute Gasteiger partial charge is 0.393 e. The second kappa shape index (κ2) is 4.71. The van der Waals surface area contributed by atoms with E-state index in [0.717, 1.165) is 6.21 Å². The van der Waals surface area contributed by atoms with Gasteiger partial charge in [0.15, 0.2) is 0 Å². The molecule has 0 bridgehead atoms. The molecule has 1 unspecified atom stereocenters. The first-order chi connectivity index (χ1) is 4.76. The van der Waals surface area contributed by atoms with Crippen LogP contribution in [0.4, 0.5) is 0 Å². The van der Waals surface area contributed by atoms with Crippen molar-refractivity contribution in [3.05, 3.63) is 0 Å². The monoisotopic (exact) mass is 146 g/mol. The van der Waals surface area contributed by atoms with Crippen LogP contribution in [0.2, 0.25) is 0 Å². The Bertz CT molecular complexity index is 144. The van der Waals surface area contributed by atoms with E-state index in [1.54, 1.807) is 0 Å². The van der Waals surface area contributed by atoms with Gasteiger partial charge in [-0.1, -0.05) is 0 Å². The van der Waals surface area contributed by atoms with Gasteiger partial charge in [-0.15, -0.1) is 0 Å². The SMILES string of the molecule is N/N=C(/C=N/N)C(O)CO. The second-order valence-electron chi connectivity index (χ2n) is 1.53. The molecule has 10 heavy (non-hydrogen) atoms. The Hall–Kier alpha value is -1.14. The molecule has 0 amide bonds. The maximum Gasteiger partial charge on any atom is 0.122 e. The van der Waals surface area contributed by atoms with Crippen LogP contribution in [0.5, 0.6) is 0 Å². The highest BCUT2D eigenvalue weighted by Crippen LogP contribution is 1.82. The molecule has 0 heterocycles. The summed E-state index contributed by atoms with van der Waals surface area (Å²) in [6, 6.07) is 0. The highest BCUT2D eigenvalue weighted by molar-refractivity contribution is 6.32. The van der Waals surface area contributed by atoms with Crippen LogP contribution >= 0.6 is 0 Å². The predicted octanol–water partition coefficient (Wildman–Crippen LogP) is -2.40. The van der Waals surface area contributed by atoms with E-state index in [9.17, 15) is 0 Å². The number of hydrazone groups is 2. The van der Waals surface area contributed by atoms with E-state index >= 15 is 0 Å². The molecule has 1 atom stereocenters. The molecule has 0 spiro atoms. The minimum atomic E-state index is -1.11. The third-order valence-electron chi connectivity index (χ3n) is 0.870. The van der Waals surface area contributed by atoms with Gasteiger partial charge in [0, 0.05) is 0 Å². The molecule has 0 fully saturated rings. The summed E-state index contributed by atoms with van der Waals surface area (Å²) in [6.45, 7) is -0.456. The topological polar surface area (TPSA) is 117 Å². The first-order valence-corrected chi connectivity index (χ1v) is 2.56. The molecule has 0 aromatic carbocycles. The highest BCUT2D eigenvalue weighted by atomic mass is 16.3. The van der Waals surface area contributed by atoms with Gasteiger partial charge in [-0.2, -0.15) is 10.2 Å². The third kappa shape index (κ3) is 2.42. The summed E-state index contributed by atoms with van der Waals surface area (Å²) in [4.78, 5) is 0. The molecule has 0 saturated carbocycles. The predicted molar refractivity (Wildman–Crippen MR) is 37.4 cm³/mol. The van der Waals surface area contributed by atoms with E-state index in [0.29, 0.717) is 0 Å². The zero-order valence-electron chi connectivity index (χ0n) is 5.31. The quantitative estimate of drug-likeness (QED) is 0.201. The molecule has 0 saturated heterocycles. The number of hydrogen-bond donors (Lipinski definition) is 4. The van der Waals surface area contributed by atoms with Gasteiger partial charge >= 0.3 is 0 Å². The zero-order chi connectivity index (χ0) is 7.98. The lowest BCUT2D eigenvalue weighted by Gasteiger charge is -2.03. The van der Waals surface area contributed by atoms with E-state index in [-0.39, 0.29) is 5.71 Å². The molecular formula is C4H10N4O2. The van der Waals surface area contributed by atoms with Crippen LogP contribution in [0.3, 0.4) is 0 Å². The number of hydrogen-bond acceptors (Lipinski definition) is 6. The Labute approximate surface area is 57.8 Å². The van der Waals surface area contributed by atoms with Crippen molar-refractivity contribution in [2.24, 2.45) is 21.9 Å². The zero-order valence-corrected chi connectivity index (χ0v) is 5.31. The minimum absolute atomic E-state index is 0.0463. The Kier molecular flexibility index (Phi) is 4.17. The molecule has 6 nitrogen and oxygen atoms in total. The minimum Gasteiger partial charge on any atom is -0.393 e. The molecule has 0 aromatic heterocycles. The lowest BCUT2D eigenvalue weighted by molar-refractivity contribution is 0.146. The van der Waals surface area contributed by atoms with Crippen molar-refractivity contribution >= 4 is 11.9 Å². The van der Waals surface area contributed by atoms with Crippen LogP contribution in [0.25, 0.3) is 0 Å². The lowest BCUT2D eigenvalue weighted by Crippen LogP contribution is -2.27. The van der Waals surface area contributed by atoms with Crippen molar-refractivity contribution in [3.8, 4) is 0 Å². The van der Waals surface area contributed by atoms with E-state index < -0.39 is 12.7 Å². The molecule has 0 aliphatic heterocycles. The van der Waals surface area contributed by atoms with Crippen molar-refractivity contribution in [2.75, 3.05) is 6.61 Å². The first kappa shape index (κ1) is 8.86. The van der Waals surface area contributed by atoms with E-state index in [2.05, 4.69) is 10.2 Å². The number of nitrogens with two attached hydrogens (primary N) is 2. The maximum atomic E-state index is 8.84. The Morgan fingerprint density at radius 1 is 1.60 bits per heavy atom. The van der Waals surface area contributed by atoms with Gasteiger partial charge in [-0.3, -0.25) is 0 Å². The fourth-order valence-corrected chi connectivity index (χ4v) is 0.375. The molecule has 0 aromatic rings. The van der Waals surface area contributed by atoms with Crippen LogP contribution in [0.15, 0.2) is 10.2 Å². The number of aliphatic hydroxyl groups excluding tert-OH is 2. The van der Waals surface area contributed by atoms with Crippen molar-refractivity contribution in [1.82, 2.24) is 0 Å². The lowest BCUT2D eigenvalue weighted by atomic mass is 10.2. The molecule has 0 radical (unpaired) electrons. The van der Waals surface area contributed by atoms with Crippen molar-refractivity contribution in [1.29, 1.82) is 0 Å². The highest BCUT2D eigenvalue weighted by Gasteiger charge is 2.07. The van der Waals surface area contributed by atoms with Gasteiger partial charge in [0.2, 0.25) is 0 Å². The summed E-state index contributed by atoms with van der Waals surface area (Å²) in [5.74, 6) is 9.54. The summed E-state index contributed by atoms with van der Waals surface area (Å²) in [5.41, 5.74) is 0.0463. The third-order valence-corrected chi connectivity index (χ3v) is 0.870.